The number of carbonyl (C=O) groups excluding carboxylic acids is 1. The van der Waals surface area contributed by atoms with Gasteiger partial charge in [0.1, 0.15) is 5.82 Å². The molecule has 0 aliphatic heterocycles. The van der Waals surface area contributed by atoms with E-state index >= 15 is 0 Å². The van der Waals surface area contributed by atoms with Crippen molar-refractivity contribution in [3.63, 3.8) is 0 Å². The van der Waals surface area contributed by atoms with Crippen molar-refractivity contribution in [2.24, 2.45) is 0 Å². The van der Waals surface area contributed by atoms with Crippen molar-refractivity contribution in [1.82, 2.24) is 5.32 Å². The maximum atomic E-state index is 13.1. The van der Waals surface area contributed by atoms with Gasteiger partial charge < -0.3 is 5.32 Å². The molecule has 0 aliphatic rings. The Bertz CT molecular complexity index is 618. The zero-order valence-electron chi connectivity index (χ0n) is 9.79. The molecule has 1 amide bonds. The van der Waals surface area contributed by atoms with Gasteiger partial charge in [-0.3, -0.25) is 4.79 Å². The van der Waals surface area contributed by atoms with Crippen LogP contribution < -0.4 is 5.32 Å². The van der Waals surface area contributed by atoms with Gasteiger partial charge in [-0.2, -0.15) is 0 Å². The summed E-state index contributed by atoms with van der Waals surface area (Å²) >= 11 is 9.21. The number of nitrogens with one attached hydrogen (secondary N) is 1. The third-order valence-corrected chi connectivity index (χ3v) is 3.63. The summed E-state index contributed by atoms with van der Waals surface area (Å²) < 4.78 is 13.7. The van der Waals surface area contributed by atoms with Crippen LogP contribution >= 0.6 is 27.5 Å². The molecule has 0 aliphatic carbocycles. The molecular weight excluding hydrogens is 333 g/mol. The second kappa shape index (κ2) is 6.17. The molecule has 0 radical (unpaired) electrons. The van der Waals surface area contributed by atoms with Crippen LogP contribution in [0.15, 0.2) is 46.9 Å². The van der Waals surface area contributed by atoms with Crippen LogP contribution in [0.3, 0.4) is 0 Å². The van der Waals surface area contributed by atoms with Gasteiger partial charge in [-0.05, 0) is 45.8 Å². The van der Waals surface area contributed by atoms with Crippen molar-refractivity contribution in [2.45, 2.75) is 6.54 Å². The van der Waals surface area contributed by atoms with Gasteiger partial charge in [0.05, 0.1) is 5.56 Å². The normalized spacial score (nSPS) is 10.3. The van der Waals surface area contributed by atoms with E-state index in [9.17, 15) is 9.18 Å². The first-order chi connectivity index (χ1) is 9.08. The lowest BCUT2D eigenvalue weighted by atomic mass is 10.2. The van der Waals surface area contributed by atoms with Crippen LogP contribution in [-0.2, 0) is 6.54 Å². The Hall–Kier alpha value is -1.39. The average Bonchev–Trinajstić information content (AvgIpc) is 2.40. The quantitative estimate of drug-likeness (QED) is 0.891. The summed E-state index contributed by atoms with van der Waals surface area (Å²) in [5.41, 5.74) is 1.07. The van der Waals surface area contributed by atoms with Crippen LogP contribution in [0.5, 0.6) is 0 Å². The predicted molar refractivity (Wildman–Crippen MR) is 76.7 cm³/mol. The molecule has 5 heteroatoms. The fourth-order valence-electron chi connectivity index (χ4n) is 1.58. The topological polar surface area (TPSA) is 29.1 Å². The van der Waals surface area contributed by atoms with Crippen molar-refractivity contribution in [3.8, 4) is 0 Å². The Kier molecular flexibility index (Phi) is 4.56. The number of hydrogen-bond donors (Lipinski definition) is 1. The van der Waals surface area contributed by atoms with E-state index in [0.717, 1.165) is 5.56 Å². The summed E-state index contributed by atoms with van der Waals surface area (Å²) in [6, 6.07) is 11.2. The molecule has 0 saturated heterocycles. The lowest BCUT2D eigenvalue weighted by molar-refractivity contribution is 0.0949. The van der Waals surface area contributed by atoms with E-state index in [1.54, 1.807) is 6.07 Å². The zero-order chi connectivity index (χ0) is 13.8. The SMILES string of the molecule is O=C(NCc1ccccc1Cl)c1cc(F)ccc1Br. The molecule has 2 nitrogen and oxygen atoms in total. The number of amides is 1. The second-order valence-corrected chi connectivity index (χ2v) is 5.16. The van der Waals surface area contributed by atoms with Gasteiger partial charge in [0.25, 0.3) is 5.91 Å². The van der Waals surface area contributed by atoms with Crippen LogP contribution in [0.25, 0.3) is 0 Å². The summed E-state index contributed by atoms with van der Waals surface area (Å²) in [6.45, 7) is 0.293. The summed E-state index contributed by atoms with van der Waals surface area (Å²) in [7, 11) is 0. The van der Waals surface area contributed by atoms with Crippen molar-refractivity contribution < 1.29 is 9.18 Å². The standard InChI is InChI=1S/C14H10BrClFNO/c15-12-6-5-10(17)7-11(12)14(19)18-8-9-3-1-2-4-13(9)16/h1-7H,8H2,(H,18,19). The summed E-state index contributed by atoms with van der Waals surface area (Å²) in [4.78, 5) is 12.0. The van der Waals surface area contributed by atoms with Crippen LogP contribution in [-0.4, -0.2) is 5.91 Å². The fraction of sp³-hybridized carbons (Fsp3) is 0.0714. The first-order valence-electron chi connectivity index (χ1n) is 5.54. The van der Waals surface area contributed by atoms with E-state index in [1.165, 1.54) is 18.2 Å². The van der Waals surface area contributed by atoms with Gasteiger partial charge in [0.15, 0.2) is 0 Å². The maximum Gasteiger partial charge on any atom is 0.252 e. The molecule has 0 bridgehead atoms. The minimum Gasteiger partial charge on any atom is -0.348 e. The predicted octanol–water partition coefficient (Wildman–Crippen LogP) is 4.17. The number of halogens is 3. The molecule has 0 spiro atoms. The van der Waals surface area contributed by atoms with Gasteiger partial charge >= 0.3 is 0 Å². The molecular formula is C14H10BrClFNO. The third-order valence-electron chi connectivity index (χ3n) is 2.57. The van der Waals surface area contributed by atoms with Crippen LogP contribution in [0.4, 0.5) is 4.39 Å². The number of carbonyl (C=O) groups is 1. The van der Waals surface area contributed by atoms with E-state index < -0.39 is 5.82 Å². The minimum atomic E-state index is -0.453. The van der Waals surface area contributed by atoms with Crippen molar-refractivity contribution in [1.29, 1.82) is 0 Å². The first-order valence-corrected chi connectivity index (χ1v) is 6.71. The Morgan fingerprint density at radius 1 is 1.26 bits per heavy atom. The molecule has 0 unspecified atom stereocenters. The number of rotatable bonds is 3. The van der Waals surface area contributed by atoms with Gasteiger partial charge in [-0.25, -0.2) is 4.39 Å². The maximum absolute atomic E-state index is 13.1. The Morgan fingerprint density at radius 3 is 2.74 bits per heavy atom. The summed E-state index contributed by atoms with van der Waals surface area (Å²) in [6.07, 6.45) is 0. The van der Waals surface area contributed by atoms with Gasteiger partial charge in [-0.1, -0.05) is 29.8 Å². The Balaban J connectivity index is 2.10. The Labute approximate surface area is 123 Å². The van der Waals surface area contributed by atoms with Gasteiger partial charge in [0.2, 0.25) is 0 Å². The number of benzene rings is 2. The zero-order valence-corrected chi connectivity index (χ0v) is 12.1. The Morgan fingerprint density at radius 2 is 2.00 bits per heavy atom. The van der Waals surface area contributed by atoms with Gasteiger partial charge in [0, 0.05) is 16.0 Å². The smallest absolute Gasteiger partial charge is 0.252 e. The molecule has 2 rings (SSSR count). The third kappa shape index (κ3) is 3.55. The summed E-state index contributed by atoms with van der Waals surface area (Å²) in [5.74, 6) is -0.808. The van der Waals surface area contributed by atoms with Gasteiger partial charge in [-0.15, -0.1) is 0 Å². The summed E-state index contributed by atoms with van der Waals surface area (Å²) in [5, 5.41) is 3.29. The van der Waals surface area contributed by atoms with E-state index in [2.05, 4.69) is 21.2 Å². The highest BCUT2D eigenvalue weighted by Gasteiger charge is 2.11. The molecule has 0 aromatic heterocycles. The highest BCUT2D eigenvalue weighted by molar-refractivity contribution is 9.10. The van der Waals surface area contributed by atoms with Crippen molar-refractivity contribution >= 4 is 33.4 Å². The highest BCUT2D eigenvalue weighted by Crippen LogP contribution is 2.18. The second-order valence-electron chi connectivity index (χ2n) is 3.90. The fourth-order valence-corrected chi connectivity index (χ4v) is 2.21. The molecule has 1 N–H and O–H groups in total. The largest absolute Gasteiger partial charge is 0.348 e. The van der Waals surface area contributed by atoms with E-state index in [0.29, 0.717) is 16.0 Å². The van der Waals surface area contributed by atoms with Crippen molar-refractivity contribution in [3.05, 3.63) is 68.9 Å². The molecule has 19 heavy (non-hydrogen) atoms. The average molecular weight is 343 g/mol. The minimum absolute atomic E-state index is 0.257. The molecule has 0 saturated carbocycles. The molecule has 0 heterocycles. The lowest BCUT2D eigenvalue weighted by Gasteiger charge is -2.08. The van der Waals surface area contributed by atoms with E-state index in [-0.39, 0.29) is 11.5 Å². The van der Waals surface area contributed by atoms with E-state index in [4.69, 9.17) is 11.6 Å². The molecule has 2 aromatic rings. The highest BCUT2D eigenvalue weighted by atomic mass is 79.9. The molecule has 2 aromatic carbocycles. The van der Waals surface area contributed by atoms with Crippen LogP contribution in [0, 0.1) is 5.82 Å². The molecule has 0 fully saturated rings. The molecule has 0 atom stereocenters. The molecule has 98 valence electrons. The van der Waals surface area contributed by atoms with Crippen LogP contribution in [0.1, 0.15) is 15.9 Å². The van der Waals surface area contributed by atoms with Crippen LogP contribution in [0.2, 0.25) is 5.02 Å². The lowest BCUT2D eigenvalue weighted by Crippen LogP contribution is -2.23. The van der Waals surface area contributed by atoms with E-state index in [1.807, 2.05) is 18.2 Å². The monoisotopic (exact) mass is 341 g/mol. The van der Waals surface area contributed by atoms with Crippen molar-refractivity contribution in [2.75, 3.05) is 0 Å². The first kappa shape index (κ1) is 14.0. The number of hydrogen-bond acceptors (Lipinski definition) is 1.